The monoisotopic (exact) mass is 495 g/mol. The molecule has 11 heteroatoms. The number of aryl methyl sites for hydroxylation is 1. The molecule has 1 aliphatic rings. The Morgan fingerprint density at radius 2 is 1.85 bits per heavy atom. The molecule has 1 heterocycles. The lowest BCUT2D eigenvalue weighted by atomic mass is 9.95. The van der Waals surface area contributed by atoms with E-state index in [9.17, 15) is 18.4 Å². The standard InChI is InChI=1S/C23H31F2N5O3S/c1-2-14-11-18(25)15(12-17(14)24)13-33-21-19(20(26)31)22(34-30-21)29-23(32)28-10-6-9-27-16-7-4-3-5-8-16/h11-12,16,27H,2-10,13H2,1H3,(H2,26,31)(H2,28,29,32). The van der Waals surface area contributed by atoms with Gasteiger partial charge in [-0.1, -0.05) is 26.2 Å². The summed E-state index contributed by atoms with van der Waals surface area (Å²) in [4.78, 5) is 24.2. The van der Waals surface area contributed by atoms with Crippen molar-refractivity contribution in [1.82, 2.24) is 15.0 Å². The predicted octanol–water partition coefficient (Wildman–Crippen LogP) is 4.10. The van der Waals surface area contributed by atoms with Crippen molar-refractivity contribution >= 4 is 28.5 Å². The lowest BCUT2D eigenvalue weighted by Gasteiger charge is -2.22. The van der Waals surface area contributed by atoms with Crippen molar-refractivity contribution < 1.29 is 23.1 Å². The average molecular weight is 496 g/mol. The highest BCUT2D eigenvalue weighted by Gasteiger charge is 2.22. The third-order valence-electron chi connectivity index (χ3n) is 5.77. The zero-order valence-corrected chi connectivity index (χ0v) is 20.0. The number of urea groups is 1. The number of ether oxygens (including phenoxy) is 1. The molecule has 1 aliphatic carbocycles. The van der Waals surface area contributed by atoms with Crippen LogP contribution < -0.4 is 26.4 Å². The molecule has 1 fully saturated rings. The molecule has 1 aromatic heterocycles. The zero-order valence-electron chi connectivity index (χ0n) is 19.2. The number of halogens is 2. The van der Waals surface area contributed by atoms with Crippen LogP contribution in [0.2, 0.25) is 0 Å². The van der Waals surface area contributed by atoms with Gasteiger partial charge in [-0.2, -0.15) is 4.37 Å². The second-order valence-electron chi connectivity index (χ2n) is 8.26. The number of benzene rings is 1. The van der Waals surface area contributed by atoms with Crippen LogP contribution in [0.1, 0.15) is 66.9 Å². The molecule has 1 saturated carbocycles. The van der Waals surface area contributed by atoms with E-state index in [1.54, 1.807) is 6.92 Å². The normalized spacial score (nSPS) is 14.1. The van der Waals surface area contributed by atoms with Crippen molar-refractivity contribution in [2.45, 2.75) is 64.5 Å². The van der Waals surface area contributed by atoms with Crippen molar-refractivity contribution in [3.63, 3.8) is 0 Å². The van der Waals surface area contributed by atoms with Crippen LogP contribution in [-0.2, 0) is 13.0 Å². The maximum Gasteiger partial charge on any atom is 0.319 e. The van der Waals surface area contributed by atoms with Crippen molar-refractivity contribution in [2.75, 3.05) is 18.4 Å². The molecule has 0 atom stereocenters. The first-order valence-corrected chi connectivity index (χ1v) is 12.3. The number of carbonyl (C=O) groups excluding carboxylic acids is 2. The molecular formula is C23H31F2N5O3S. The minimum absolute atomic E-state index is 0.0211. The summed E-state index contributed by atoms with van der Waals surface area (Å²) in [6.45, 7) is 2.64. The number of nitrogens with two attached hydrogens (primary N) is 1. The molecule has 2 aromatic rings. The molecule has 0 radical (unpaired) electrons. The molecule has 0 spiro atoms. The maximum atomic E-state index is 14.2. The molecule has 3 rings (SSSR count). The highest BCUT2D eigenvalue weighted by atomic mass is 32.1. The second-order valence-corrected chi connectivity index (χ2v) is 9.03. The van der Waals surface area contributed by atoms with Crippen LogP contribution in [0.3, 0.4) is 0 Å². The number of carbonyl (C=O) groups is 2. The summed E-state index contributed by atoms with van der Waals surface area (Å²) in [5.41, 5.74) is 5.56. The lowest BCUT2D eigenvalue weighted by Crippen LogP contribution is -2.35. The van der Waals surface area contributed by atoms with Crippen LogP contribution in [0.15, 0.2) is 12.1 Å². The van der Waals surface area contributed by atoms with E-state index < -0.39 is 23.6 Å². The Morgan fingerprint density at radius 1 is 1.15 bits per heavy atom. The van der Waals surface area contributed by atoms with Crippen molar-refractivity contribution in [3.8, 4) is 5.88 Å². The van der Waals surface area contributed by atoms with Gasteiger partial charge < -0.3 is 21.1 Å². The lowest BCUT2D eigenvalue weighted by molar-refractivity contribution is 0.0996. The van der Waals surface area contributed by atoms with Crippen LogP contribution in [0.5, 0.6) is 5.88 Å². The fourth-order valence-corrected chi connectivity index (χ4v) is 4.62. The summed E-state index contributed by atoms with van der Waals surface area (Å²) in [5, 5.41) is 8.91. The highest BCUT2D eigenvalue weighted by Crippen LogP contribution is 2.31. The highest BCUT2D eigenvalue weighted by molar-refractivity contribution is 7.11. The molecule has 8 nitrogen and oxygen atoms in total. The Morgan fingerprint density at radius 3 is 2.56 bits per heavy atom. The van der Waals surface area contributed by atoms with Crippen LogP contribution >= 0.6 is 11.5 Å². The minimum atomic E-state index is -0.858. The van der Waals surface area contributed by atoms with Gasteiger partial charge in [0.1, 0.15) is 28.8 Å². The molecule has 186 valence electrons. The summed E-state index contributed by atoms with van der Waals surface area (Å²) in [5.74, 6) is -2.17. The van der Waals surface area contributed by atoms with E-state index in [2.05, 4.69) is 20.3 Å². The number of nitrogens with zero attached hydrogens (tertiary/aromatic N) is 1. The van der Waals surface area contributed by atoms with Gasteiger partial charge in [0, 0.05) is 18.2 Å². The Labute approximate surface area is 201 Å². The molecular weight excluding hydrogens is 464 g/mol. The summed E-state index contributed by atoms with van der Waals surface area (Å²) >= 11 is 0.816. The minimum Gasteiger partial charge on any atom is -0.471 e. The van der Waals surface area contributed by atoms with Crippen molar-refractivity contribution in [2.24, 2.45) is 5.73 Å². The first-order chi connectivity index (χ1) is 16.4. The number of primary amides is 1. The summed E-state index contributed by atoms with van der Waals surface area (Å²) in [7, 11) is 0. The second kappa shape index (κ2) is 12.6. The van der Waals surface area contributed by atoms with E-state index in [4.69, 9.17) is 10.5 Å². The largest absolute Gasteiger partial charge is 0.471 e. The first-order valence-electron chi connectivity index (χ1n) is 11.6. The number of rotatable bonds is 11. The maximum absolute atomic E-state index is 14.2. The first kappa shape index (κ1) is 25.8. The van der Waals surface area contributed by atoms with E-state index in [0.29, 0.717) is 19.0 Å². The number of anilines is 1. The van der Waals surface area contributed by atoms with Gasteiger partial charge in [0.15, 0.2) is 0 Å². The van der Waals surface area contributed by atoms with Crippen LogP contribution in [0.4, 0.5) is 18.6 Å². The van der Waals surface area contributed by atoms with Gasteiger partial charge in [0.05, 0.1) is 0 Å². The Kier molecular flexibility index (Phi) is 9.58. The smallest absolute Gasteiger partial charge is 0.319 e. The number of amides is 3. The molecule has 0 aliphatic heterocycles. The Hall–Kier alpha value is -2.79. The number of nitrogens with one attached hydrogen (secondary N) is 3. The third-order valence-corrected chi connectivity index (χ3v) is 6.52. The number of hydrogen-bond acceptors (Lipinski definition) is 6. The molecule has 1 aromatic carbocycles. The number of hydrogen-bond donors (Lipinski definition) is 4. The molecule has 3 amide bonds. The Balaban J connectivity index is 1.50. The van der Waals surface area contributed by atoms with Gasteiger partial charge >= 0.3 is 6.03 Å². The molecule has 0 unspecified atom stereocenters. The third kappa shape index (κ3) is 7.10. The SMILES string of the molecule is CCc1cc(F)c(COc2nsc(NC(=O)NCCCNC3CCCCC3)c2C(N)=O)cc1F. The molecule has 34 heavy (non-hydrogen) atoms. The number of aromatic nitrogens is 1. The van der Waals surface area contributed by atoms with Gasteiger partial charge in [-0.15, -0.1) is 0 Å². The summed E-state index contributed by atoms with van der Waals surface area (Å²) < 4.78 is 37.6. The molecule has 0 bridgehead atoms. The van der Waals surface area contributed by atoms with E-state index in [1.807, 2.05) is 0 Å². The summed E-state index contributed by atoms with van der Waals surface area (Å²) in [6.07, 6.45) is 7.35. The van der Waals surface area contributed by atoms with Gasteiger partial charge in [-0.25, -0.2) is 13.6 Å². The van der Waals surface area contributed by atoms with Gasteiger partial charge in [-0.3, -0.25) is 10.1 Å². The van der Waals surface area contributed by atoms with Crippen molar-refractivity contribution in [1.29, 1.82) is 0 Å². The summed E-state index contributed by atoms with van der Waals surface area (Å²) in [6, 6.07) is 2.23. The van der Waals surface area contributed by atoms with E-state index in [0.717, 1.165) is 36.6 Å². The molecule has 5 N–H and O–H groups in total. The molecule has 0 saturated heterocycles. The van der Waals surface area contributed by atoms with Crippen LogP contribution in [0, 0.1) is 11.6 Å². The van der Waals surface area contributed by atoms with Gasteiger partial charge in [0.25, 0.3) is 5.91 Å². The van der Waals surface area contributed by atoms with E-state index >= 15 is 0 Å². The van der Waals surface area contributed by atoms with Crippen molar-refractivity contribution in [3.05, 3.63) is 40.5 Å². The quantitative estimate of drug-likeness (QED) is 0.350. The fourth-order valence-electron chi connectivity index (χ4n) is 3.88. The van der Waals surface area contributed by atoms with Gasteiger partial charge in [0.2, 0.25) is 5.88 Å². The predicted molar refractivity (Wildman–Crippen MR) is 127 cm³/mol. The van der Waals surface area contributed by atoms with Gasteiger partial charge in [-0.05, 0) is 61.5 Å². The van der Waals surface area contributed by atoms with Crippen LogP contribution in [-0.4, -0.2) is 35.4 Å². The van der Waals surface area contributed by atoms with Crippen LogP contribution in [0.25, 0.3) is 0 Å². The average Bonchev–Trinajstić information content (AvgIpc) is 3.22. The van der Waals surface area contributed by atoms with E-state index in [1.165, 1.54) is 32.1 Å². The zero-order chi connectivity index (χ0) is 24.5. The van der Waals surface area contributed by atoms with E-state index in [-0.39, 0.29) is 34.2 Å². The Bertz CT molecular complexity index is 995. The topological polar surface area (TPSA) is 118 Å². The fraction of sp³-hybridized carbons (Fsp3) is 0.522.